The average Bonchev–Trinajstić information content (AvgIpc) is 2.31. The van der Waals surface area contributed by atoms with E-state index in [0.717, 1.165) is 24.2 Å². The molecule has 19 heavy (non-hydrogen) atoms. The maximum absolute atomic E-state index is 12.0. The first-order valence-electron chi connectivity index (χ1n) is 6.35. The van der Waals surface area contributed by atoms with Gasteiger partial charge in [-0.3, -0.25) is 9.69 Å². The first-order valence-corrected chi connectivity index (χ1v) is 6.73. The van der Waals surface area contributed by atoms with E-state index in [1.54, 1.807) is 0 Å². The van der Waals surface area contributed by atoms with E-state index < -0.39 is 0 Å². The Labute approximate surface area is 120 Å². The third kappa shape index (κ3) is 5.45. The number of hydrogen-bond donors (Lipinski definition) is 1. The van der Waals surface area contributed by atoms with Crippen LogP contribution < -0.4 is 5.32 Å². The zero-order valence-corrected chi connectivity index (χ0v) is 12.5. The second-order valence-electron chi connectivity index (χ2n) is 4.79. The molecule has 1 N–H and O–H groups in total. The molecule has 1 aromatic rings. The largest absolute Gasteiger partial charge is 0.324 e. The van der Waals surface area contributed by atoms with Crippen LogP contribution in [0.1, 0.15) is 19.4 Å². The average molecular weight is 281 g/mol. The fourth-order valence-corrected chi connectivity index (χ4v) is 2.06. The van der Waals surface area contributed by atoms with Crippen molar-refractivity contribution in [1.29, 1.82) is 0 Å². The molecule has 0 aliphatic carbocycles. The van der Waals surface area contributed by atoms with Crippen LogP contribution in [0, 0.1) is 6.92 Å². The van der Waals surface area contributed by atoms with Gasteiger partial charge < -0.3 is 5.32 Å². The van der Waals surface area contributed by atoms with E-state index in [0.29, 0.717) is 17.3 Å². The number of anilines is 1. The van der Waals surface area contributed by atoms with E-state index in [2.05, 4.69) is 11.9 Å². The van der Waals surface area contributed by atoms with Crippen LogP contribution in [0.25, 0.3) is 0 Å². The highest BCUT2D eigenvalue weighted by Crippen LogP contribution is 2.22. The molecule has 0 heterocycles. The summed E-state index contributed by atoms with van der Waals surface area (Å²) in [5, 5.41) is 3.40. The zero-order valence-electron chi connectivity index (χ0n) is 11.8. The van der Waals surface area contributed by atoms with Gasteiger partial charge in [0.2, 0.25) is 5.91 Å². The Morgan fingerprint density at radius 1 is 1.42 bits per heavy atom. The number of hydrogen-bond acceptors (Lipinski definition) is 2. The molecule has 1 amide bonds. The number of nitrogens with one attached hydrogen (secondary N) is 1. The Kier molecular flexibility index (Phi) is 6.06. The van der Waals surface area contributed by atoms with Crippen molar-refractivity contribution < 1.29 is 4.79 Å². The van der Waals surface area contributed by atoms with Crippen molar-refractivity contribution in [3.05, 3.63) is 40.9 Å². The molecular weight excluding hydrogens is 260 g/mol. The number of nitrogens with zero attached hydrogens (tertiary/aromatic N) is 1. The minimum absolute atomic E-state index is 0.0612. The number of amides is 1. The summed E-state index contributed by atoms with van der Waals surface area (Å²) >= 11 is 6.09. The lowest BCUT2D eigenvalue weighted by atomic mass is 10.2. The number of halogens is 1. The third-order valence-corrected chi connectivity index (χ3v) is 3.02. The van der Waals surface area contributed by atoms with Crippen molar-refractivity contribution in [2.45, 2.75) is 20.8 Å². The Balaban J connectivity index is 2.61. The Bertz CT molecular complexity index is 471. The SMILES string of the molecule is C=C(C)CN(CC)CC(=O)Nc1ccc(C)cc1Cl. The summed E-state index contributed by atoms with van der Waals surface area (Å²) in [6.45, 7) is 11.7. The molecule has 104 valence electrons. The molecule has 0 fully saturated rings. The van der Waals surface area contributed by atoms with E-state index in [4.69, 9.17) is 11.6 Å². The summed E-state index contributed by atoms with van der Waals surface area (Å²) in [5.74, 6) is -0.0612. The Morgan fingerprint density at radius 2 is 2.11 bits per heavy atom. The lowest BCUT2D eigenvalue weighted by Crippen LogP contribution is -2.34. The van der Waals surface area contributed by atoms with Gasteiger partial charge in [0.05, 0.1) is 17.3 Å². The fraction of sp³-hybridized carbons (Fsp3) is 0.400. The second-order valence-corrected chi connectivity index (χ2v) is 5.20. The smallest absolute Gasteiger partial charge is 0.238 e. The molecule has 0 radical (unpaired) electrons. The molecule has 0 aliphatic rings. The molecule has 0 bridgehead atoms. The van der Waals surface area contributed by atoms with Gasteiger partial charge in [0.1, 0.15) is 0 Å². The van der Waals surface area contributed by atoms with Crippen LogP contribution in [0.3, 0.4) is 0 Å². The molecule has 0 saturated heterocycles. The first kappa shape index (κ1) is 15.7. The van der Waals surface area contributed by atoms with Gasteiger partial charge in [-0.2, -0.15) is 0 Å². The molecule has 0 saturated carbocycles. The summed E-state index contributed by atoms with van der Waals surface area (Å²) in [6, 6.07) is 5.58. The quantitative estimate of drug-likeness (QED) is 0.809. The van der Waals surface area contributed by atoms with E-state index in [1.165, 1.54) is 0 Å². The highest BCUT2D eigenvalue weighted by molar-refractivity contribution is 6.33. The minimum Gasteiger partial charge on any atom is -0.324 e. The second kappa shape index (κ2) is 7.31. The monoisotopic (exact) mass is 280 g/mol. The van der Waals surface area contributed by atoms with E-state index in [9.17, 15) is 4.79 Å². The third-order valence-electron chi connectivity index (χ3n) is 2.71. The zero-order chi connectivity index (χ0) is 14.4. The molecular formula is C15H21ClN2O. The van der Waals surface area contributed by atoms with Gasteiger partial charge in [0.25, 0.3) is 0 Å². The maximum Gasteiger partial charge on any atom is 0.238 e. The normalized spacial score (nSPS) is 10.6. The number of rotatable bonds is 6. The molecule has 0 aliphatic heterocycles. The van der Waals surface area contributed by atoms with Gasteiger partial charge in [0, 0.05) is 6.54 Å². The van der Waals surface area contributed by atoms with Crippen molar-refractivity contribution in [2.75, 3.05) is 25.0 Å². The fourth-order valence-electron chi connectivity index (χ4n) is 1.78. The number of likely N-dealkylation sites (N-methyl/N-ethyl adjacent to an activating group) is 1. The van der Waals surface area contributed by atoms with Gasteiger partial charge in [0.15, 0.2) is 0 Å². The predicted molar refractivity (Wildman–Crippen MR) is 81.7 cm³/mol. The molecule has 4 heteroatoms. The molecule has 0 aromatic heterocycles. The Morgan fingerprint density at radius 3 is 2.63 bits per heavy atom. The van der Waals surface area contributed by atoms with Crippen LogP contribution in [-0.2, 0) is 4.79 Å². The van der Waals surface area contributed by atoms with Crippen LogP contribution in [0.2, 0.25) is 5.02 Å². The molecule has 1 aromatic carbocycles. The lowest BCUT2D eigenvalue weighted by Gasteiger charge is -2.20. The van der Waals surface area contributed by atoms with Crippen molar-refractivity contribution in [3.8, 4) is 0 Å². The molecule has 0 atom stereocenters. The van der Waals surface area contributed by atoms with Crippen molar-refractivity contribution in [3.63, 3.8) is 0 Å². The van der Waals surface area contributed by atoms with Gasteiger partial charge >= 0.3 is 0 Å². The summed E-state index contributed by atoms with van der Waals surface area (Å²) < 4.78 is 0. The van der Waals surface area contributed by atoms with Crippen LogP contribution >= 0.6 is 11.6 Å². The molecule has 3 nitrogen and oxygen atoms in total. The summed E-state index contributed by atoms with van der Waals surface area (Å²) in [5.41, 5.74) is 2.77. The molecule has 0 unspecified atom stereocenters. The minimum atomic E-state index is -0.0612. The standard InChI is InChI=1S/C15H21ClN2O/c1-5-18(9-11(2)3)10-15(19)17-14-7-6-12(4)8-13(14)16/h6-8H,2,5,9-10H2,1,3-4H3,(H,17,19). The van der Waals surface area contributed by atoms with E-state index >= 15 is 0 Å². The first-order chi connectivity index (χ1) is 8.92. The maximum atomic E-state index is 12.0. The van der Waals surface area contributed by atoms with Gasteiger partial charge in [-0.1, -0.05) is 36.7 Å². The van der Waals surface area contributed by atoms with Crippen LogP contribution in [0.5, 0.6) is 0 Å². The number of carbonyl (C=O) groups excluding carboxylic acids is 1. The topological polar surface area (TPSA) is 32.3 Å². The highest BCUT2D eigenvalue weighted by Gasteiger charge is 2.10. The number of benzene rings is 1. The summed E-state index contributed by atoms with van der Waals surface area (Å²) in [4.78, 5) is 14.0. The van der Waals surface area contributed by atoms with E-state index in [-0.39, 0.29) is 5.91 Å². The van der Waals surface area contributed by atoms with Crippen molar-refractivity contribution in [1.82, 2.24) is 4.90 Å². The van der Waals surface area contributed by atoms with Gasteiger partial charge in [-0.15, -0.1) is 0 Å². The highest BCUT2D eigenvalue weighted by atomic mass is 35.5. The summed E-state index contributed by atoms with van der Waals surface area (Å²) in [6.07, 6.45) is 0. The van der Waals surface area contributed by atoms with Crippen LogP contribution in [0.15, 0.2) is 30.4 Å². The molecule has 0 spiro atoms. The van der Waals surface area contributed by atoms with E-state index in [1.807, 2.05) is 43.9 Å². The van der Waals surface area contributed by atoms with Gasteiger partial charge in [-0.25, -0.2) is 0 Å². The van der Waals surface area contributed by atoms with Gasteiger partial charge in [-0.05, 0) is 38.1 Å². The van der Waals surface area contributed by atoms with Crippen molar-refractivity contribution >= 4 is 23.2 Å². The van der Waals surface area contributed by atoms with Crippen molar-refractivity contribution in [2.24, 2.45) is 0 Å². The van der Waals surface area contributed by atoms with Crippen LogP contribution in [-0.4, -0.2) is 30.4 Å². The number of aryl methyl sites for hydroxylation is 1. The van der Waals surface area contributed by atoms with Crippen LogP contribution in [0.4, 0.5) is 5.69 Å². The Hall–Kier alpha value is -1.32. The predicted octanol–water partition coefficient (Wildman–Crippen LogP) is 3.48. The lowest BCUT2D eigenvalue weighted by molar-refractivity contribution is -0.117. The molecule has 1 rings (SSSR count). The number of carbonyl (C=O) groups is 1. The summed E-state index contributed by atoms with van der Waals surface area (Å²) in [7, 11) is 0.